The molecule has 25 heavy (non-hydrogen) atoms. The fraction of sp³-hybridized carbons (Fsp3) is 0.591. The molecule has 1 saturated carbocycles. The first-order chi connectivity index (χ1) is 11.7. The Morgan fingerprint density at radius 3 is 2.56 bits per heavy atom. The Bertz CT molecular complexity index is 591. The zero-order valence-corrected chi connectivity index (χ0v) is 16.0. The summed E-state index contributed by atoms with van der Waals surface area (Å²) in [6.45, 7) is 12.2. The Hall–Kier alpha value is -1.61. The molecule has 0 radical (unpaired) electrons. The molecule has 0 unspecified atom stereocenters. The first-order valence-corrected chi connectivity index (χ1v) is 9.30. The topological polar surface area (TPSA) is 46.5 Å². The zero-order chi connectivity index (χ0) is 18.6. The number of hydrogen-bond acceptors (Lipinski definition) is 3. The third-order valence-electron chi connectivity index (χ3n) is 5.58. The molecule has 1 N–H and O–H groups in total. The minimum atomic E-state index is -1.12. The monoisotopic (exact) mass is 344 g/mol. The summed E-state index contributed by atoms with van der Waals surface area (Å²) in [5.41, 5.74) is 1.95. The van der Waals surface area contributed by atoms with E-state index >= 15 is 0 Å². The van der Waals surface area contributed by atoms with E-state index < -0.39 is 12.1 Å². The van der Waals surface area contributed by atoms with Crippen molar-refractivity contribution < 1.29 is 14.6 Å². The van der Waals surface area contributed by atoms with Crippen LogP contribution in [0.1, 0.15) is 58.9 Å². The van der Waals surface area contributed by atoms with Gasteiger partial charge >= 0.3 is 5.97 Å². The number of carbonyl (C=O) groups is 1. The number of rotatable bonds is 6. The van der Waals surface area contributed by atoms with Crippen LogP contribution in [-0.2, 0) is 14.9 Å². The lowest BCUT2D eigenvalue weighted by Gasteiger charge is -2.44. The highest BCUT2D eigenvalue weighted by Gasteiger charge is 2.42. The molecule has 1 aliphatic carbocycles. The summed E-state index contributed by atoms with van der Waals surface area (Å²) >= 11 is 0. The summed E-state index contributed by atoms with van der Waals surface area (Å²) in [6, 6.07) is 10.4. The van der Waals surface area contributed by atoms with Gasteiger partial charge in [-0.3, -0.25) is 0 Å². The molecule has 2 rings (SSSR count). The van der Waals surface area contributed by atoms with Crippen LogP contribution in [-0.4, -0.2) is 23.3 Å². The molecule has 0 aromatic heterocycles. The van der Waals surface area contributed by atoms with E-state index in [0.717, 1.165) is 24.8 Å². The van der Waals surface area contributed by atoms with Crippen LogP contribution in [0.5, 0.6) is 0 Å². The Morgan fingerprint density at radius 2 is 1.96 bits per heavy atom. The molecular formula is C22H32O3. The van der Waals surface area contributed by atoms with Crippen LogP contribution in [0.2, 0.25) is 0 Å². The predicted molar refractivity (Wildman–Crippen MR) is 101 cm³/mol. The molecule has 0 heterocycles. The molecule has 1 aromatic rings. The van der Waals surface area contributed by atoms with Gasteiger partial charge in [0.15, 0.2) is 6.10 Å². The van der Waals surface area contributed by atoms with Gasteiger partial charge in [-0.1, -0.05) is 63.1 Å². The van der Waals surface area contributed by atoms with Crippen molar-refractivity contribution in [2.24, 2.45) is 11.8 Å². The van der Waals surface area contributed by atoms with Crippen LogP contribution >= 0.6 is 0 Å². The first kappa shape index (κ1) is 19.7. The highest BCUT2D eigenvalue weighted by molar-refractivity contribution is 5.75. The van der Waals surface area contributed by atoms with E-state index in [9.17, 15) is 9.90 Å². The Kier molecular flexibility index (Phi) is 6.45. The Morgan fingerprint density at radius 1 is 1.32 bits per heavy atom. The van der Waals surface area contributed by atoms with Crippen molar-refractivity contribution in [1.29, 1.82) is 0 Å². The van der Waals surface area contributed by atoms with Gasteiger partial charge in [-0.15, -0.1) is 6.58 Å². The second kappa shape index (κ2) is 8.18. The summed E-state index contributed by atoms with van der Waals surface area (Å²) in [7, 11) is 0. The summed E-state index contributed by atoms with van der Waals surface area (Å²) in [5.74, 6) is 0.252. The largest absolute Gasteiger partial charge is 0.460 e. The van der Waals surface area contributed by atoms with Crippen molar-refractivity contribution in [3.05, 3.63) is 48.0 Å². The molecule has 4 atom stereocenters. The highest BCUT2D eigenvalue weighted by Crippen LogP contribution is 2.43. The van der Waals surface area contributed by atoms with Gasteiger partial charge < -0.3 is 9.84 Å². The second-order valence-electron chi connectivity index (χ2n) is 8.26. The Balaban J connectivity index is 2.17. The number of ether oxygens (including phenoxy) is 1. The van der Waals surface area contributed by atoms with Crippen LogP contribution in [0.3, 0.4) is 0 Å². The van der Waals surface area contributed by atoms with Crippen LogP contribution in [0.4, 0.5) is 0 Å². The number of aliphatic hydroxyl groups excluding tert-OH is 1. The van der Waals surface area contributed by atoms with Crippen molar-refractivity contribution in [2.75, 3.05) is 0 Å². The number of benzene rings is 1. The van der Waals surface area contributed by atoms with E-state index in [1.807, 2.05) is 6.07 Å². The molecule has 0 amide bonds. The van der Waals surface area contributed by atoms with E-state index in [1.165, 1.54) is 5.56 Å². The van der Waals surface area contributed by atoms with Crippen LogP contribution in [0, 0.1) is 11.8 Å². The quantitative estimate of drug-likeness (QED) is 0.604. The zero-order valence-electron chi connectivity index (χ0n) is 16.0. The average Bonchev–Trinajstić information content (AvgIpc) is 2.54. The predicted octanol–water partition coefficient (Wildman–Crippen LogP) is 4.64. The molecular weight excluding hydrogens is 312 g/mol. The molecule has 0 saturated heterocycles. The van der Waals surface area contributed by atoms with Crippen LogP contribution in [0.15, 0.2) is 42.5 Å². The van der Waals surface area contributed by atoms with Crippen molar-refractivity contribution in [2.45, 2.75) is 71.0 Å². The van der Waals surface area contributed by atoms with Gasteiger partial charge in [-0.05, 0) is 36.7 Å². The lowest BCUT2D eigenvalue weighted by atomic mass is 9.64. The van der Waals surface area contributed by atoms with Gasteiger partial charge in [-0.2, -0.15) is 0 Å². The number of hydrogen-bond donors (Lipinski definition) is 1. The molecule has 0 bridgehead atoms. The maximum absolute atomic E-state index is 12.3. The Labute approximate surface area is 152 Å². The number of carbonyl (C=O) groups excluding carboxylic acids is 1. The summed E-state index contributed by atoms with van der Waals surface area (Å²) in [6.07, 6.45) is 2.00. The first-order valence-electron chi connectivity index (χ1n) is 9.30. The van der Waals surface area contributed by atoms with Crippen molar-refractivity contribution in [3.8, 4) is 0 Å². The molecule has 138 valence electrons. The minimum absolute atomic E-state index is 0.0916. The molecule has 1 aromatic carbocycles. The molecule has 0 spiro atoms. The molecule has 1 fully saturated rings. The SMILES string of the molecule is C=C(C)C[C@H](O)C(=O)O[C@@H]1C[C@H](C)CC[C@H]1C(C)(C)c1ccccc1. The highest BCUT2D eigenvalue weighted by atomic mass is 16.6. The van der Waals surface area contributed by atoms with Gasteiger partial charge in [0, 0.05) is 12.3 Å². The van der Waals surface area contributed by atoms with Gasteiger partial charge in [0.1, 0.15) is 6.10 Å². The van der Waals surface area contributed by atoms with E-state index in [2.05, 4.69) is 51.6 Å². The fourth-order valence-electron chi connectivity index (χ4n) is 4.01. The van der Waals surface area contributed by atoms with Crippen LogP contribution < -0.4 is 0 Å². The maximum atomic E-state index is 12.3. The molecule has 3 nitrogen and oxygen atoms in total. The third-order valence-corrected chi connectivity index (χ3v) is 5.58. The summed E-state index contributed by atoms with van der Waals surface area (Å²) < 4.78 is 5.81. The number of aliphatic hydroxyl groups is 1. The van der Waals surface area contributed by atoms with Gasteiger partial charge in [0.2, 0.25) is 0 Å². The van der Waals surface area contributed by atoms with E-state index in [4.69, 9.17) is 4.74 Å². The normalized spacial score (nSPS) is 25.2. The van der Waals surface area contributed by atoms with Crippen molar-refractivity contribution in [3.63, 3.8) is 0 Å². The third kappa shape index (κ3) is 4.94. The fourth-order valence-corrected chi connectivity index (χ4v) is 4.01. The van der Waals surface area contributed by atoms with E-state index in [1.54, 1.807) is 6.92 Å². The summed E-state index contributed by atoms with van der Waals surface area (Å²) in [5, 5.41) is 10.1. The molecule has 1 aliphatic rings. The summed E-state index contributed by atoms with van der Waals surface area (Å²) in [4.78, 5) is 12.3. The van der Waals surface area contributed by atoms with E-state index in [-0.39, 0.29) is 23.9 Å². The standard InChI is InChI=1S/C22H32O3/c1-15(2)13-19(23)21(24)25-20-14-16(3)11-12-18(20)22(4,5)17-9-7-6-8-10-17/h6-10,16,18-20,23H,1,11-14H2,2-5H3/t16-,18-,19+,20-/m1/s1. The van der Waals surface area contributed by atoms with Crippen molar-refractivity contribution >= 4 is 5.97 Å². The lowest BCUT2D eigenvalue weighted by molar-refractivity contribution is -0.166. The van der Waals surface area contributed by atoms with Gasteiger partial charge in [0.05, 0.1) is 0 Å². The smallest absolute Gasteiger partial charge is 0.335 e. The average molecular weight is 344 g/mol. The minimum Gasteiger partial charge on any atom is -0.460 e. The van der Waals surface area contributed by atoms with Crippen LogP contribution in [0.25, 0.3) is 0 Å². The molecule has 0 aliphatic heterocycles. The van der Waals surface area contributed by atoms with Crippen molar-refractivity contribution in [1.82, 2.24) is 0 Å². The lowest BCUT2D eigenvalue weighted by Crippen LogP contribution is -2.44. The van der Waals surface area contributed by atoms with E-state index in [0.29, 0.717) is 5.92 Å². The second-order valence-corrected chi connectivity index (χ2v) is 8.26. The van der Waals surface area contributed by atoms with Gasteiger partial charge in [-0.25, -0.2) is 4.79 Å². The number of esters is 1. The molecule has 3 heteroatoms. The maximum Gasteiger partial charge on any atom is 0.335 e. The van der Waals surface area contributed by atoms with Gasteiger partial charge in [0.25, 0.3) is 0 Å².